The van der Waals surface area contributed by atoms with Crippen molar-refractivity contribution in [2.24, 2.45) is 0 Å². The molecule has 2 unspecified atom stereocenters. The fraction of sp³-hybridized carbons (Fsp3) is 0.417. The summed E-state index contributed by atoms with van der Waals surface area (Å²) in [6.45, 7) is 0.146. The zero-order valence-corrected chi connectivity index (χ0v) is 12.5. The minimum atomic E-state index is -3.30. The average Bonchev–Trinajstić information content (AvgIpc) is 2.60. The quantitative estimate of drug-likeness (QED) is 0.634. The molecule has 0 spiro atoms. The molecule has 1 aromatic rings. The standard InChI is InChI=1S/C12H16ClN2O3P/c1-14-11(10-6-4-3-5-7-10)19(17,18-9-8-13)15(2)12(14)16/h3-7,11H,8-9H2,1-2H3. The highest BCUT2D eigenvalue weighted by Gasteiger charge is 2.53. The Labute approximate surface area is 117 Å². The van der Waals surface area contributed by atoms with E-state index < -0.39 is 13.3 Å². The second-order valence-electron chi connectivity index (χ2n) is 4.29. The maximum Gasteiger partial charge on any atom is 0.327 e. The number of nitrogens with zero attached hydrogens (tertiary/aromatic N) is 2. The van der Waals surface area contributed by atoms with Crippen LogP contribution in [0.5, 0.6) is 0 Å². The summed E-state index contributed by atoms with van der Waals surface area (Å²) in [4.78, 5) is 13.5. The first kappa shape index (κ1) is 14.4. The fourth-order valence-corrected chi connectivity index (χ4v) is 4.84. The Morgan fingerprint density at radius 3 is 2.53 bits per heavy atom. The summed E-state index contributed by atoms with van der Waals surface area (Å²) in [6, 6.07) is 8.92. The minimum Gasteiger partial charge on any atom is -0.310 e. The molecule has 1 aliphatic rings. The smallest absolute Gasteiger partial charge is 0.310 e. The zero-order chi connectivity index (χ0) is 14.0. The molecule has 1 fully saturated rings. The van der Waals surface area contributed by atoms with Gasteiger partial charge >= 0.3 is 13.6 Å². The maximum atomic E-state index is 13.0. The maximum absolute atomic E-state index is 13.0. The average molecular weight is 303 g/mol. The second kappa shape index (κ2) is 5.53. The van der Waals surface area contributed by atoms with E-state index >= 15 is 0 Å². The van der Waals surface area contributed by atoms with Crippen molar-refractivity contribution in [3.63, 3.8) is 0 Å². The van der Waals surface area contributed by atoms with Gasteiger partial charge in [-0.1, -0.05) is 30.3 Å². The molecule has 0 N–H and O–H groups in total. The predicted molar refractivity (Wildman–Crippen MR) is 74.4 cm³/mol. The molecule has 5 nitrogen and oxygen atoms in total. The van der Waals surface area contributed by atoms with E-state index in [2.05, 4.69) is 0 Å². The van der Waals surface area contributed by atoms with E-state index in [0.29, 0.717) is 0 Å². The topological polar surface area (TPSA) is 49.9 Å². The second-order valence-corrected chi connectivity index (χ2v) is 7.14. The van der Waals surface area contributed by atoms with Gasteiger partial charge in [-0.25, -0.2) is 4.79 Å². The summed E-state index contributed by atoms with van der Waals surface area (Å²) < 4.78 is 19.7. The van der Waals surface area contributed by atoms with Gasteiger partial charge in [0, 0.05) is 20.0 Å². The Bertz CT molecular complexity index is 511. The molecule has 0 aromatic heterocycles. The SMILES string of the molecule is CN1C(=O)N(C)P(=O)(OCCCl)C1c1ccccc1. The zero-order valence-electron chi connectivity index (χ0n) is 10.8. The van der Waals surface area contributed by atoms with Crippen LogP contribution in [0.3, 0.4) is 0 Å². The Hall–Kier alpha value is -1.03. The number of alkyl halides is 1. The number of carbonyl (C=O) groups is 1. The van der Waals surface area contributed by atoms with Crippen molar-refractivity contribution in [3.05, 3.63) is 35.9 Å². The molecule has 104 valence electrons. The first-order valence-corrected chi connectivity index (χ1v) is 8.06. The van der Waals surface area contributed by atoms with E-state index in [-0.39, 0.29) is 18.5 Å². The van der Waals surface area contributed by atoms with E-state index in [1.54, 1.807) is 7.05 Å². The van der Waals surface area contributed by atoms with Crippen molar-refractivity contribution in [1.29, 1.82) is 0 Å². The number of halogens is 1. The van der Waals surface area contributed by atoms with Crippen LogP contribution in [0.2, 0.25) is 0 Å². The van der Waals surface area contributed by atoms with Crippen LogP contribution in [0.1, 0.15) is 11.3 Å². The summed E-state index contributed by atoms with van der Waals surface area (Å²) in [7, 11) is -0.175. The van der Waals surface area contributed by atoms with Crippen LogP contribution < -0.4 is 0 Å². The van der Waals surface area contributed by atoms with E-state index in [1.165, 1.54) is 16.6 Å². The third-order valence-corrected chi connectivity index (χ3v) is 6.10. The van der Waals surface area contributed by atoms with Crippen molar-refractivity contribution < 1.29 is 13.9 Å². The molecule has 1 heterocycles. The molecule has 1 aliphatic heterocycles. The van der Waals surface area contributed by atoms with Crippen LogP contribution in [0.25, 0.3) is 0 Å². The molecule has 1 saturated heterocycles. The predicted octanol–water partition coefficient (Wildman–Crippen LogP) is 3.13. The first-order valence-electron chi connectivity index (χ1n) is 5.88. The lowest BCUT2D eigenvalue weighted by Crippen LogP contribution is -2.26. The third-order valence-electron chi connectivity index (χ3n) is 3.12. The van der Waals surface area contributed by atoms with E-state index in [0.717, 1.165) is 5.56 Å². The molecule has 0 radical (unpaired) electrons. The number of carbonyl (C=O) groups excluding carboxylic acids is 1. The first-order chi connectivity index (χ1) is 9.02. The molecular formula is C12H16ClN2O3P. The highest BCUT2D eigenvalue weighted by molar-refractivity contribution is 7.58. The van der Waals surface area contributed by atoms with Crippen LogP contribution in [0.4, 0.5) is 4.79 Å². The Morgan fingerprint density at radius 1 is 1.32 bits per heavy atom. The molecule has 7 heteroatoms. The summed E-state index contributed by atoms with van der Waals surface area (Å²) in [6.07, 6.45) is 0. The lowest BCUT2D eigenvalue weighted by Gasteiger charge is -2.25. The Morgan fingerprint density at radius 2 is 1.95 bits per heavy atom. The van der Waals surface area contributed by atoms with Gasteiger partial charge in [0.25, 0.3) is 0 Å². The van der Waals surface area contributed by atoms with Gasteiger partial charge in [-0.2, -0.15) is 0 Å². The van der Waals surface area contributed by atoms with Crippen LogP contribution in [-0.2, 0) is 9.09 Å². The molecular weight excluding hydrogens is 287 g/mol. The molecule has 1 aromatic carbocycles. The van der Waals surface area contributed by atoms with E-state index in [9.17, 15) is 9.36 Å². The largest absolute Gasteiger partial charge is 0.327 e. The lowest BCUT2D eigenvalue weighted by molar-refractivity contribution is 0.202. The highest BCUT2D eigenvalue weighted by Crippen LogP contribution is 2.67. The number of hydrogen-bond donors (Lipinski definition) is 0. The van der Waals surface area contributed by atoms with Crippen molar-refractivity contribution in [2.75, 3.05) is 26.6 Å². The van der Waals surface area contributed by atoms with Gasteiger partial charge in [0.15, 0.2) is 5.78 Å². The van der Waals surface area contributed by atoms with Crippen LogP contribution >= 0.6 is 19.1 Å². The number of rotatable bonds is 4. The Kier molecular flexibility index (Phi) is 4.19. The third kappa shape index (κ3) is 2.38. The van der Waals surface area contributed by atoms with Gasteiger partial charge in [-0.15, -0.1) is 11.6 Å². The molecule has 2 rings (SSSR count). The van der Waals surface area contributed by atoms with Gasteiger partial charge in [-0.05, 0) is 5.56 Å². The van der Waals surface area contributed by atoms with Crippen LogP contribution in [-0.4, -0.2) is 42.2 Å². The fourth-order valence-electron chi connectivity index (χ4n) is 2.19. The van der Waals surface area contributed by atoms with Crippen molar-refractivity contribution >= 4 is 25.2 Å². The summed E-state index contributed by atoms with van der Waals surface area (Å²) in [5, 5.41) is 0. The normalized spacial score (nSPS) is 27.1. The number of benzene rings is 1. The van der Waals surface area contributed by atoms with Gasteiger partial charge in [0.2, 0.25) is 0 Å². The van der Waals surface area contributed by atoms with Crippen LogP contribution in [0.15, 0.2) is 30.3 Å². The van der Waals surface area contributed by atoms with Gasteiger partial charge in [0.05, 0.1) is 6.61 Å². The molecule has 2 atom stereocenters. The van der Waals surface area contributed by atoms with Gasteiger partial charge in [-0.3, -0.25) is 9.24 Å². The van der Waals surface area contributed by atoms with Crippen molar-refractivity contribution in [3.8, 4) is 0 Å². The summed E-state index contributed by atoms with van der Waals surface area (Å²) >= 11 is 5.59. The van der Waals surface area contributed by atoms with E-state index in [1.807, 2.05) is 30.3 Å². The molecule has 2 amide bonds. The van der Waals surface area contributed by atoms with Crippen molar-refractivity contribution in [2.45, 2.75) is 5.78 Å². The van der Waals surface area contributed by atoms with Gasteiger partial charge < -0.3 is 9.42 Å². The lowest BCUT2D eigenvalue weighted by atomic mass is 10.2. The summed E-state index contributed by atoms with van der Waals surface area (Å²) in [5.74, 6) is -0.355. The van der Waals surface area contributed by atoms with E-state index in [4.69, 9.17) is 16.1 Å². The number of hydrogen-bond acceptors (Lipinski definition) is 3. The Balaban J connectivity index is 2.43. The minimum absolute atomic E-state index is 0.146. The van der Waals surface area contributed by atoms with Crippen molar-refractivity contribution in [1.82, 2.24) is 9.57 Å². The molecule has 0 bridgehead atoms. The number of urea groups is 1. The molecule has 19 heavy (non-hydrogen) atoms. The van der Waals surface area contributed by atoms with Crippen LogP contribution in [0, 0.1) is 0 Å². The monoisotopic (exact) mass is 302 g/mol. The van der Waals surface area contributed by atoms with Gasteiger partial charge in [0.1, 0.15) is 0 Å². The highest BCUT2D eigenvalue weighted by atomic mass is 35.5. The molecule has 0 aliphatic carbocycles. The number of amides is 2. The summed E-state index contributed by atoms with van der Waals surface area (Å²) in [5.41, 5.74) is 0.792. The molecule has 0 saturated carbocycles.